The summed E-state index contributed by atoms with van der Waals surface area (Å²) in [4.78, 5) is 0. The van der Waals surface area contributed by atoms with Gasteiger partial charge in [0, 0.05) is 5.92 Å². The normalized spacial score (nSPS) is 17.5. The van der Waals surface area contributed by atoms with Crippen LogP contribution >= 0.6 is 0 Å². The first-order valence-corrected chi connectivity index (χ1v) is 11.3. The maximum atomic E-state index is 10.3. The lowest BCUT2D eigenvalue weighted by Gasteiger charge is -2.23. The molecule has 2 nitrogen and oxygen atoms in total. The van der Waals surface area contributed by atoms with Gasteiger partial charge in [-0.15, -0.1) is 0 Å². The minimum Gasteiger partial charge on any atom is -0.388 e. The highest BCUT2D eigenvalue weighted by Crippen LogP contribution is 2.41. The molecule has 0 radical (unpaired) electrons. The van der Waals surface area contributed by atoms with Crippen LogP contribution in [0.4, 0.5) is 0 Å². The van der Waals surface area contributed by atoms with Crippen LogP contribution in [0, 0.1) is 11.8 Å². The van der Waals surface area contributed by atoms with E-state index in [9.17, 15) is 5.11 Å². The van der Waals surface area contributed by atoms with E-state index < -0.39 is 0 Å². The average molecular weight is 395 g/mol. The molecule has 0 saturated heterocycles. The SMILES string of the molecule is CC(C)CC(OCC(C)c1ccc(C(O)C2CC2)cc1)c1ccc(C(C)C)cc1. The van der Waals surface area contributed by atoms with Gasteiger partial charge in [-0.05, 0) is 59.3 Å². The van der Waals surface area contributed by atoms with E-state index in [0.29, 0.717) is 30.3 Å². The molecule has 2 aromatic carbocycles. The van der Waals surface area contributed by atoms with Gasteiger partial charge >= 0.3 is 0 Å². The Kier molecular flexibility index (Phi) is 7.54. The Balaban J connectivity index is 1.62. The number of aliphatic hydroxyl groups is 1. The summed E-state index contributed by atoms with van der Waals surface area (Å²) in [6, 6.07) is 17.4. The molecule has 0 aliphatic heterocycles. The molecule has 0 bridgehead atoms. The summed E-state index contributed by atoms with van der Waals surface area (Å²) in [7, 11) is 0. The van der Waals surface area contributed by atoms with Gasteiger partial charge in [0.1, 0.15) is 0 Å². The number of rotatable bonds is 10. The fraction of sp³-hybridized carbons (Fsp3) is 0.556. The Morgan fingerprint density at radius 3 is 1.83 bits per heavy atom. The van der Waals surface area contributed by atoms with Gasteiger partial charge in [0.15, 0.2) is 0 Å². The average Bonchev–Trinajstić information content (AvgIpc) is 3.55. The zero-order valence-electron chi connectivity index (χ0n) is 18.8. The third-order valence-corrected chi connectivity index (χ3v) is 6.12. The fourth-order valence-electron chi connectivity index (χ4n) is 3.89. The first-order chi connectivity index (χ1) is 13.8. The van der Waals surface area contributed by atoms with Crippen LogP contribution in [0.15, 0.2) is 48.5 Å². The van der Waals surface area contributed by atoms with Crippen molar-refractivity contribution in [3.05, 3.63) is 70.8 Å². The number of hydrogen-bond donors (Lipinski definition) is 1. The predicted molar refractivity (Wildman–Crippen MR) is 121 cm³/mol. The Bertz CT molecular complexity index is 741. The summed E-state index contributed by atoms with van der Waals surface area (Å²) in [6.45, 7) is 11.9. The van der Waals surface area contributed by atoms with E-state index in [1.165, 1.54) is 16.7 Å². The second-order valence-electron chi connectivity index (χ2n) is 9.62. The van der Waals surface area contributed by atoms with Crippen LogP contribution in [0.5, 0.6) is 0 Å². The lowest BCUT2D eigenvalue weighted by atomic mass is 9.95. The molecular formula is C27H38O2. The second kappa shape index (κ2) is 9.91. The van der Waals surface area contributed by atoms with Gasteiger partial charge in [0.05, 0.1) is 18.8 Å². The Morgan fingerprint density at radius 1 is 0.793 bits per heavy atom. The van der Waals surface area contributed by atoms with Crippen LogP contribution < -0.4 is 0 Å². The maximum absolute atomic E-state index is 10.3. The van der Waals surface area contributed by atoms with E-state index in [4.69, 9.17) is 4.74 Å². The Hall–Kier alpha value is -1.64. The maximum Gasteiger partial charge on any atom is 0.0827 e. The summed E-state index contributed by atoms with van der Waals surface area (Å²) in [5.74, 6) is 1.94. The minimum atomic E-state index is -0.292. The van der Waals surface area contributed by atoms with Gasteiger partial charge in [0.2, 0.25) is 0 Å². The molecule has 2 heteroatoms. The van der Waals surface area contributed by atoms with Crippen molar-refractivity contribution in [2.45, 2.75) is 77.9 Å². The molecule has 1 saturated carbocycles. The zero-order valence-corrected chi connectivity index (χ0v) is 18.8. The van der Waals surface area contributed by atoms with Crippen molar-refractivity contribution in [2.75, 3.05) is 6.61 Å². The molecule has 0 aromatic heterocycles. The lowest BCUT2D eigenvalue weighted by molar-refractivity contribution is 0.0311. The highest BCUT2D eigenvalue weighted by atomic mass is 16.5. The Morgan fingerprint density at radius 2 is 1.31 bits per heavy atom. The third kappa shape index (κ3) is 6.17. The van der Waals surface area contributed by atoms with Crippen LogP contribution in [-0.2, 0) is 4.74 Å². The number of ether oxygens (including phenoxy) is 1. The van der Waals surface area contributed by atoms with Gasteiger partial charge in [-0.25, -0.2) is 0 Å². The van der Waals surface area contributed by atoms with E-state index in [2.05, 4.69) is 83.1 Å². The summed E-state index contributed by atoms with van der Waals surface area (Å²) >= 11 is 0. The highest BCUT2D eigenvalue weighted by molar-refractivity contribution is 5.28. The second-order valence-corrected chi connectivity index (χ2v) is 9.62. The van der Waals surface area contributed by atoms with E-state index in [1.807, 2.05) is 0 Å². The number of hydrogen-bond acceptors (Lipinski definition) is 2. The van der Waals surface area contributed by atoms with E-state index in [1.54, 1.807) is 0 Å². The minimum absolute atomic E-state index is 0.134. The van der Waals surface area contributed by atoms with Gasteiger partial charge in [-0.2, -0.15) is 0 Å². The molecule has 2 aromatic rings. The van der Waals surface area contributed by atoms with Crippen molar-refractivity contribution >= 4 is 0 Å². The van der Waals surface area contributed by atoms with E-state index in [-0.39, 0.29) is 12.2 Å². The van der Waals surface area contributed by atoms with Gasteiger partial charge < -0.3 is 9.84 Å². The molecule has 0 amide bonds. The molecule has 158 valence electrons. The highest BCUT2D eigenvalue weighted by Gasteiger charge is 2.30. The van der Waals surface area contributed by atoms with Crippen molar-refractivity contribution in [3.63, 3.8) is 0 Å². The number of benzene rings is 2. The molecule has 1 aliphatic rings. The first-order valence-electron chi connectivity index (χ1n) is 11.3. The van der Waals surface area contributed by atoms with Crippen molar-refractivity contribution in [3.8, 4) is 0 Å². The van der Waals surface area contributed by atoms with E-state index >= 15 is 0 Å². The standard InChI is InChI=1S/C27H38O2/c1-18(2)16-26(23-10-6-21(7-11-23)19(3)4)29-17-20(5)22-8-12-24(13-9-22)27(28)25-14-15-25/h6-13,18-20,25-28H,14-17H2,1-5H3. The predicted octanol–water partition coefficient (Wildman–Crippen LogP) is 7.16. The van der Waals surface area contributed by atoms with Crippen LogP contribution in [0.1, 0.15) is 100 Å². The third-order valence-electron chi connectivity index (χ3n) is 6.12. The molecule has 3 rings (SSSR count). The quantitative estimate of drug-likeness (QED) is 0.463. The van der Waals surface area contributed by atoms with Crippen LogP contribution in [-0.4, -0.2) is 11.7 Å². The fourth-order valence-corrected chi connectivity index (χ4v) is 3.89. The summed E-state index contributed by atoms with van der Waals surface area (Å²) in [5, 5.41) is 10.3. The van der Waals surface area contributed by atoms with Gasteiger partial charge in [-0.3, -0.25) is 0 Å². The lowest BCUT2D eigenvalue weighted by Crippen LogP contribution is -2.12. The molecular weight excluding hydrogens is 356 g/mol. The van der Waals surface area contributed by atoms with Crippen molar-refractivity contribution in [1.29, 1.82) is 0 Å². The van der Waals surface area contributed by atoms with Gasteiger partial charge in [0.25, 0.3) is 0 Å². The van der Waals surface area contributed by atoms with E-state index in [0.717, 1.165) is 24.8 Å². The van der Waals surface area contributed by atoms with Gasteiger partial charge in [-0.1, -0.05) is 83.1 Å². The molecule has 29 heavy (non-hydrogen) atoms. The first kappa shape index (κ1) is 22.1. The molecule has 0 heterocycles. The molecule has 0 spiro atoms. The molecule has 1 fully saturated rings. The van der Waals surface area contributed by atoms with Crippen LogP contribution in [0.25, 0.3) is 0 Å². The molecule has 1 aliphatic carbocycles. The van der Waals surface area contributed by atoms with Crippen LogP contribution in [0.3, 0.4) is 0 Å². The summed E-state index contributed by atoms with van der Waals surface area (Å²) in [5.41, 5.74) is 4.97. The smallest absolute Gasteiger partial charge is 0.0827 e. The Labute approximate surface area is 177 Å². The summed E-state index contributed by atoms with van der Waals surface area (Å²) in [6.07, 6.45) is 3.18. The summed E-state index contributed by atoms with van der Waals surface area (Å²) < 4.78 is 6.43. The van der Waals surface area contributed by atoms with Crippen molar-refractivity contribution in [2.24, 2.45) is 11.8 Å². The van der Waals surface area contributed by atoms with Crippen molar-refractivity contribution < 1.29 is 9.84 Å². The molecule has 1 N–H and O–H groups in total. The zero-order chi connectivity index (χ0) is 21.0. The molecule has 3 atom stereocenters. The molecule has 3 unspecified atom stereocenters. The monoisotopic (exact) mass is 394 g/mol. The number of aliphatic hydroxyl groups excluding tert-OH is 1. The topological polar surface area (TPSA) is 29.5 Å². The van der Waals surface area contributed by atoms with Crippen molar-refractivity contribution in [1.82, 2.24) is 0 Å². The van der Waals surface area contributed by atoms with Crippen LogP contribution in [0.2, 0.25) is 0 Å². The largest absolute Gasteiger partial charge is 0.388 e.